The van der Waals surface area contributed by atoms with E-state index in [0.717, 1.165) is 115 Å². The average molecular weight is 815 g/mol. The number of nitrogens with zero attached hydrogens (tertiary/aromatic N) is 8. The van der Waals surface area contributed by atoms with Crippen LogP contribution in [-0.2, 0) is 0 Å². The third kappa shape index (κ3) is 5.03. The molecule has 13 rings (SSSR count). The summed E-state index contributed by atoms with van der Waals surface area (Å²) in [4.78, 5) is 8.81. The van der Waals surface area contributed by atoms with E-state index in [1.54, 1.807) is 0 Å². The van der Waals surface area contributed by atoms with Gasteiger partial charge in [0.2, 0.25) is 0 Å². The van der Waals surface area contributed by atoms with Crippen LogP contribution in [0, 0.1) is 27.7 Å². The molecule has 12 nitrogen and oxygen atoms in total. The highest BCUT2D eigenvalue weighted by Crippen LogP contribution is 2.50. The maximum Gasteiger partial charge on any atom is 0.261 e. The van der Waals surface area contributed by atoms with Crippen LogP contribution >= 0.6 is 0 Å². The minimum absolute atomic E-state index is 0.279. The normalized spacial score (nSPS) is 15.6. The predicted molar refractivity (Wildman–Crippen MR) is 244 cm³/mol. The Labute approximate surface area is 359 Å². The number of hydrogen-bond donors (Lipinski definition) is 0. The first-order chi connectivity index (χ1) is 30.1. The van der Waals surface area contributed by atoms with Crippen LogP contribution in [0.15, 0.2) is 110 Å². The molecule has 0 spiro atoms. The third-order valence-corrected chi connectivity index (χ3v) is 13.0. The van der Waals surface area contributed by atoms with Crippen molar-refractivity contribution in [1.82, 2.24) is 29.4 Å². The summed E-state index contributed by atoms with van der Waals surface area (Å²) in [6.45, 7) is 9.16. The standard InChI is InChI=1S/C48H40B2N8O4/c1-27-19-29(3)57(51-27)33-9-13-41-37(23-33)49-35-21-31(55-17-15-53(5)25-55)7-11-39(35)59-45-43(49)47(61-41)48-44-46(45)60-40-12-8-32(56-18-16-54(6)26-56)22-36(40)50(44)38-24-34(10-14-42(38)62-48)58-30(4)20-28(2)52-58/h7-24H,25-26H2,1-6H3. The molecule has 0 saturated carbocycles. The van der Waals surface area contributed by atoms with Gasteiger partial charge >= 0.3 is 0 Å². The minimum Gasteiger partial charge on any atom is -0.454 e. The van der Waals surface area contributed by atoms with Gasteiger partial charge in [0.15, 0.2) is 23.0 Å². The van der Waals surface area contributed by atoms with Crippen LogP contribution < -0.4 is 61.5 Å². The lowest BCUT2D eigenvalue weighted by Crippen LogP contribution is -2.61. The lowest BCUT2D eigenvalue weighted by atomic mass is 9.32. The van der Waals surface area contributed by atoms with Gasteiger partial charge in [-0.15, -0.1) is 0 Å². The number of anilines is 2. The van der Waals surface area contributed by atoms with E-state index in [1.165, 1.54) is 0 Å². The van der Waals surface area contributed by atoms with E-state index < -0.39 is 0 Å². The molecular weight excluding hydrogens is 774 g/mol. The van der Waals surface area contributed by atoms with Crippen molar-refractivity contribution in [2.24, 2.45) is 0 Å². The summed E-state index contributed by atoms with van der Waals surface area (Å²) < 4.78 is 32.6. The molecule has 0 bridgehead atoms. The monoisotopic (exact) mass is 814 g/mol. The molecule has 14 heteroatoms. The summed E-state index contributed by atoms with van der Waals surface area (Å²) in [6, 6.07) is 29.9. The van der Waals surface area contributed by atoms with Gasteiger partial charge in [-0.1, -0.05) is 0 Å². The summed E-state index contributed by atoms with van der Waals surface area (Å²) in [5.74, 6) is 5.59. The first-order valence-corrected chi connectivity index (χ1v) is 21.0. The van der Waals surface area contributed by atoms with Crippen LogP contribution in [0.2, 0.25) is 0 Å². The molecule has 6 aliphatic heterocycles. The first-order valence-electron chi connectivity index (χ1n) is 21.0. The van der Waals surface area contributed by atoms with Gasteiger partial charge in [0, 0.05) is 72.6 Å². The number of rotatable bonds is 4. The zero-order valence-electron chi connectivity index (χ0n) is 35.2. The molecule has 0 N–H and O–H groups in total. The molecule has 0 radical (unpaired) electrons. The summed E-state index contributed by atoms with van der Waals surface area (Å²) in [6.07, 6.45) is 8.42. The highest BCUT2D eigenvalue weighted by Gasteiger charge is 2.51. The van der Waals surface area contributed by atoms with Crippen molar-refractivity contribution in [3.8, 4) is 57.4 Å². The molecule has 5 aromatic carbocycles. The molecule has 0 fully saturated rings. The predicted octanol–water partition coefficient (Wildman–Crippen LogP) is 5.11. The van der Waals surface area contributed by atoms with Crippen molar-refractivity contribution in [1.29, 1.82) is 0 Å². The molecule has 0 amide bonds. The average Bonchev–Trinajstić information content (AvgIpc) is 4.07. The first kappa shape index (κ1) is 35.3. The fourth-order valence-electron chi connectivity index (χ4n) is 10.2. The van der Waals surface area contributed by atoms with Gasteiger partial charge in [0.1, 0.15) is 23.0 Å². The second-order valence-corrected chi connectivity index (χ2v) is 17.3. The Hall–Kier alpha value is -7.47. The van der Waals surface area contributed by atoms with Gasteiger partial charge in [-0.05, 0) is 134 Å². The van der Waals surface area contributed by atoms with Gasteiger partial charge in [-0.2, -0.15) is 10.2 Å². The molecule has 0 unspecified atom stereocenters. The van der Waals surface area contributed by atoms with Crippen LogP contribution in [-0.4, -0.2) is 70.2 Å². The molecule has 0 atom stereocenters. The number of aryl methyl sites for hydroxylation is 4. The molecule has 0 saturated heterocycles. The Morgan fingerprint density at radius 1 is 0.435 bits per heavy atom. The Balaban J connectivity index is 1.05. The van der Waals surface area contributed by atoms with Gasteiger partial charge in [0.05, 0.1) is 36.1 Å². The van der Waals surface area contributed by atoms with Crippen LogP contribution in [0.4, 0.5) is 11.4 Å². The summed E-state index contributed by atoms with van der Waals surface area (Å²) >= 11 is 0. The summed E-state index contributed by atoms with van der Waals surface area (Å²) in [7, 11) is 4.16. The van der Waals surface area contributed by atoms with E-state index in [-0.39, 0.29) is 13.4 Å². The fraction of sp³-hybridized carbons (Fsp3) is 0.167. The van der Waals surface area contributed by atoms with Gasteiger partial charge in [0.25, 0.3) is 13.4 Å². The summed E-state index contributed by atoms with van der Waals surface area (Å²) in [5, 5.41) is 9.72. The van der Waals surface area contributed by atoms with E-state index in [0.29, 0.717) is 23.0 Å². The van der Waals surface area contributed by atoms with Crippen LogP contribution in [0.1, 0.15) is 22.8 Å². The topological polar surface area (TPSA) is 85.5 Å². The number of benzene rings is 5. The second-order valence-electron chi connectivity index (χ2n) is 17.3. The molecule has 6 aliphatic rings. The molecule has 302 valence electrons. The van der Waals surface area contributed by atoms with Crippen LogP contribution in [0.5, 0.6) is 46.0 Å². The van der Waals surface area contributed by atoms with E-state index in [4.69, 9.17) is 29.1 Å². The molecule has 8 heterocycles. The quantitative estimate of drug-likeness (QED) is 0.224. The molecule has 7 aromatic rings. The van der Waals surface area contributed by atoms with E-state index in [1.807, 2.05) is 23.2 Å². The lowest BCUT2D eigenvalue weighted by molar-refractivity contribution is 0.396. The van der Waals surface area contributed by atoms with E-state index in [2.05, 4.69) is 157 Å². The smallest absolute Gasteiger partial charge is 0.261 e. The Kier molecular flexibility index (Phi) is 7.14. The van der Waals surface area contributed by atoms with Crippen molar-refractivity contribution in [2.45, 2.75) is 27.7 Å². The van der Waals surface area contributed by atoms with Gasteiger partial charge < -0.3 is 38.5 Å². The van der Waals surface area contributed by atoms with Gasteiger partial charge in [-0.3, -0.25) is 0 Å². The maximum absolute atomic E-state index is 7.16. The zero-order valence-corrected chi connectivity index (χ0v) is 35.2. The minimum atomic E-state index is -0.279. The number of hydrogen-bond acceptors (Lipinski definition) is 10. The second kappa shape index (κ2) is 12.5. The van der Waals surface area contributed by atoms with E-state index in [9.17, 15) is 0 Å². The highest BCUT2D eigenvalue weighted by atomic mass is 16.5. The molecule has 0 aliphatic carbocycles. The Morgan fingerprint density at radius 3 is 1.08 bits per heavy atom. The van der Waals surface area contributed by atoms with E-state index >= 15 is 0 Å². The SMILES string of the molecule is Cc1cc(C)n(-c2ccc3c(c2)B2c4cc(N5C=CN(C)C5)ccc4Oc4c5c6c(c(c42)O3)Oc2ccc(-n3nc(C)cc3C)cc2B6c2cc(N3C=CN(C)C3)ccc2O5)n1. The number of ether oxygens (including phenoxy) is 4. The largest absolute Gasteiger partial charge is 0.454 e. The zero-order chi connectivity index (χ0) is 41.7. The maximum atomic E-state index is 7.16. The number of aromatic nitrogens is 4. The number of fused-ring (bicyclic) bond motifs is 10. The highest BCUT2D eigenvalue weighted by molar-refractivity contribution is 7.00. The van der Waals surface area contributed by atoms with Gasteiger partial charge in [-0.25, -0.2) is 9.36 Å². The fourth-order valence-corrected chi connectivity index (χ4v) is 10.2. The van der Waals surface area contributed by atoms with Crippen molar-refractivity contribution in [3.05, 3.63) is 133 Å². The van der Waals surface area contributed by atoms with Crippen molar-refractivity contribution in [2.75, 3.05) is 37.2 Å². The molecule has 2 aromatic heterocycles. The van der Waals surface area contributed by atoms with Crippen LogP contribution in [0.25, 0.3) is 11.4 Å². The molecular formula is C48H40B2N8O4. The van der Waals surface area contributed by atoms with Crippen LogP contribution in [0.3, 0.4) is 0 Å². The third-order valence-electron chi connectivity index (χ3n) is 13.0. The molecule has 62 heavy (non-hydrogen) atoms. The lowest BCUT2D eigenvalue weighted by Gasteiger charge is -2.40. The Bertz CT molecular complexity index is 2960. The summed E-state index contributed by atoms with van der Waals surface area (Å²) in [5.41, 5.74) is 13.9. The van der Waals surface area contributed by atoms with Crippen molar-refractivity contribution >= 4 is 57.6 Å². The van der Waals surface area contributed by atoms with Crippen molar-refractivity contribution < 1.29 is 18.9 Å². The Morgan fingerprint density at radius 2 is 0.774 bits per heavy atom. The van der Waals surface area contributed by atoms with Crippen molar-refractivity contribution in [3.63, 3.8) is 0 Å².